The Hall–Kier alpha value is 0.877. The Balaban J connectivity index is 3.33. The predicted molar refractivity (Wildman–Crippen MR) is 50.9 cm³/mol. The lowest BCUT2D eigenvalue weighted by atomic mass is 10.6. The van der Waals surface area contributed by atoms with Gasteiger partial charge in [0, 0.05) is 7.11 Å². The van der Waals surface area contributed by atoms with Crippen LogP contribution in [0.4, 0.5) is 0 Å². The highest BCUT2D eigenvalue weighted by Crippen LogP contribution is 2.16. The molecule has 0 bridgehead atoms. The minimum Gasteiger partial charge on any atom is -0.410 e. The average molecular weight is 182 g/mol. The van der Waals surface area contributed by atoms with E-state index >= 15 is 0 Å². The molecule has 0 aromatic carbocycles. The Labute approximate surface area is 68.8 Å². The summed E-state index contributed by atoms with van der Waals surface area (Å²) in [7, 11) is 0.181. The van der Waals surface area contributed by atoms with Crippen LogP contribution >= 0.6 is 24.7 Å². The van der Waals surface area contributed by atoms with E-state index in [0.29, 0.717) is 0 Å². The Morgan fingerprint density at radius 1 is 1.56 bits per heavy atom. The van der Waals surface area contributed by atoms with Gasteiger partial charge >= 0.3 is 0 Å². The molecule has 0 aliphatic rings. The largest absolute Gasteiger partial charge is 0.410 e. The molecule has 0 fully saturated rings. The molecular weight excluding hydrogens is 168 g/mol. The molecule has 0 amide bonds. The van der Waals surface area contributed by atoms with E-state index < -0.39 is 7.47 Å². The third-order valence-corrected chi connectivity index (χ3v) is 4.93. The van der Waals surface area contributed by atoms with Gasteiger partial charge < -0.3 is 4.43 Å². The minimum atomic E-state index is -1.55. The van der Waals surface area contributed by atoms with E-state index in [1.54, 1.807) is 7.11 Å². The number of hydrogen-bond acceptors (Lipinski definition) is 3. The highest BCUT2D eigenvalue weighted by Gasteiger charge is 2.20. The van der Waals surface area contributed by atoms with Gasteiger partial charge in [0.05, 0.1) is 0 Å². The van der Waals surface area contributed by atoms with Gasteiger partial charge in [0.15, 0.2) is 0 Å². The van der Waals surface area contributed by atoms with Crippen LogP contribution in [0.2, 0.25) is 12.6 Å². The normalized spacial score (nSPS) is 17.3. The fraction of sp³-hybridized carbons (Fsp3) is 1.00. The van der Waals surface area contributed by atoms with E-state index in [9.17, 15) is 0 Å². The molecule has 0 heterocycles. The quantitative estimate of drug-likeness (QED) is 0.499. The molecule has 0 aliphatic heterocycles. The maximum atomic E-state index is 5.21. The van der Waals surface area contributed by atoms with Crippen molar-refractivity contribution in [1.82, 2.24) is 0 Å². The van der Waals surface area contributed by atoms with E-state index in [1.807, 2.05) is 0 Å². The summed E-state index contributed by atoms with van der Waals surface area (Å²) in [6, 6.07) is 1.09. The monoisotopic (exact) mass is 182 g/mol. The van der Waals surface area contributed by atoms with E-state index in [4.69, 9.17) is 4.43 Å². The molecule has 0 spiro atoms. The van der Waals surface area contributed by atoms with Gasteiger partial charge in [-0.2, -0.15) is 24.7 Å². The third kappa shape index (κ3) is 5.33. The zero-order chi connectivity index (χ0) is 7.33. The molecule has 1 atom stereocenters. The van der Waals surface area contributed by atoms with Gasteiger partial charge in [-0.3, -0.25) is 0 Å². The molecule has 0 aliphatic carbocycles. The van der Waals surface area contributed by atoms with Crippen LogP contribution in [0.5, 0.6) is 0 Å². The second-order valence-corrected chi connectivity index (χ2v) is 8.75. The van der Waals surface area contributed by atoms with Gasteiger partial charge in [-0.1, -0.05) is 0 Å². The maximum Gasteiger partial charge on any atom is 0.247 e. The number of thiol groups is 2. The summed E-state index contributed by atoms with van der Waals surface area (Å²) in [6.45, 7) is 2.10. The Morgan fingerprint density at radius 2 is 2.11 bits per heavy atom. The molecule has 9 heavy (non-hydrogen) atoms. The zero-order valence-corrected chi connectivity index (χ0v) is 8.71. The summed E-state index contributed by atoms with van der Waals surface area (Å²) < 4.78 is 5.21. The highest BCUT2D eigenvalue weighted by molar-refractivity contribution is 8.13. The number of hydrogen-bond donors (Lipinski definition) is 2. The van der Waals surface area contributed by atoms with Crippen molar-refractivity contribution in [3.05, 3.63) is 0 Å². The van der Waals surface area contributed by atoms with E-state index in [2.05, 4.69) is 31.3 Å². The first-order chi connectivity index (χ1) is 4.12. The fourth-order valence-electron chi connectivity index (χ4n) is 0.509. The first-order valence-electron chi connectivity index (χ1n) is 3.01. The van der Waals surface area contributed by atoms with Gasteiger partial charge in [-0.05, 0) is 24.8 Å². The van der Waals surface area contributed by atoms with Crippen molar-refractivity contribution in [1.29, 1.82) is 0 Å². The van der Waals surface area contributed by atoms with Crippen LogP contribution in [0.15, 0.2) is 0 Å². The summed E-state index contributed by atoms with van der Waals surface area (Å²) in [5.74, 6) is 0.937. The molecule has 0 N–H and O–H groups in total. The maximum absolute atomic E-state index is 5.21. The molecule has 0 aromatic heterocycles. The van der Waals surface area contributed by atoms with Crippen LogP contribution in [0.1, 0.15) is 6.42 Å². The van der Waals surface area contributed by atoms with E-state index in [0.717, 1.165) is 18.2 Å². The van der Waals surface area contributed by atoms with Crippen LogP contribution in [-0.2, 0) is 4.43 Å². The van der Waals surface area contributed by atoms with Gasteiger partial charge in [-0.15, -0.1) is 0 Å². The average Bonchev–Trinajstić information content (AvgIpc) is 1.84. The summed E-state index contributed by atoms with van der Waals surface area (Å²) in [5, 5.41) is 0. The Morgan fingerprint density at radius 3 is 2.44 bits per heavy atom. The first-order valence-corrected chi connectivity index (χ1v) is 7.54. The van der Waals surface area contributed by atoms with Crippen LogP contribution in [0.25, 0.3) is 0 Å². The van der Waals surface area contributed by atoms with Crippen LogP contribution in [0, 0.1) is 0 Å². The standard InChI is InChI=1S/C5H14OS2Si/c1-6-9(2,8)5-3-4-7/h7-8H,3-5H2,1-2H3. The smallest absolute Gasteiger partial charge is 0.247 e. The highest BCUT2D eigenvalue weighted by atomic mass is 32.3. The molecule has 1 unspecified atom stereocenters. The van der Waals surface area contributed by atoms with Gasteiger partial charge in [0.25, 0.3) is 0 Å². The van der Waals surface area contributed by atoms with E-state index in [-0.39, 0.29) is 0 Å². The molecule has 4 heteroatoms. The van der Waals surface area contributed by atoms with Crippen LogP contribution < -0.4 is 0 Å². The second kappa shape index (κ2) is 4.66. The lowest BCUT2D eigenvalue weighted by Gasteiger charge is -2.17. The fourth-order valence-corrected chi connectivity index (χ4v) is 2.48. The Kier molecular flexibility index (Phi) is 5.11. The Bertz CT molecular complexity index is 77.4. The minimum absolute atomic E-state index is 0.937. The molecule has 56 valence electrons. The zero-order valence-electron chi connectivity index (χ0n) is 5.92. The van der Waals surface area contributed by atoms with Gasteiger partial charge in [-0.25, -0.2) is 0 Å². The lowest BCUT2D eigenvalue weighted by molar-refractivity contribution is 0.417. The molecule has 0 rings (SSSR count). The van der Waals surface area contributed by atoms with Gasteiger partial charge in [0.2, 0.25) is 7.47 Å². The molecule has 0 radical (unpaired) electrons. The first kappa shape index (κ1) is 9.88. The third-order valence-electron chi connectivity index (χ3n) is 1.24. The van der Waals surface area contributed by atoms with Crippen molar-refractivity contribution in [2.45, 2.75) is 19.0 Å². The van der Waals surface area contributed by atoms with Gasteiger partial charge in [0.1, 0.15) is 0 Å². The van der Waals surface area contributed by atoms with Crippen LogP contribution in [-0.4, -0.2) is 20.3 Å². The van der Waals surface area contributed by atoms with Crippen LogP contribution in [0.3, 0.4) is 0 Å². The molecular formula is C5H14OS2Si. The second-order valence-electron chi connectivity index (χ2n) is 2.21. The van der Waals surface area contributed by atoms with Crippen molar-refractivity contribution in [2.24, 2.45) is 0 Å². The van der Waals surface area contributed by atoms with E-state index in [1.165, 1.54) is 0 Å². The van der Waals surface area contributed by atoms with Crippen molar-refractivity contribution < 1.29 is 4.43 Å². The number of rotatable bonds is 4. The van der Waals surface area contributed by atoms with Crippen molar-refractivity contribution in [3.8, 4) is 0 Å². The van der Waals surface area contributed by atoms with Crippen molar-refractivity contribution in [2.75, 3.05) is 12.9 Å². The summed E-state index contributed by atoms with van der Waals surface area (Å²) >= 11 is 8.51. The SMILES string of the molecule is CO[Si](C)(S)CCCS. The topological polar surface area (TPSA) is 9.23 Å². The molecule has 1 nitrogen and oxygen atoms in total. The lowest BCUT2D eigenvalue weighted by Crippen LogP contribution is -2.25. The molecule has 0 saturated carbocycles. The van der Waals surface area contributed by atoms with Crippen molar-refractivity contribution in [3.63, 3.8) is 0 Å². The summed E-state index contributed by atoms with van der Waals surface area (Å²) in [5.41, 5.74) is 0. The predicted octanol–water partition coefficient (Wildman–Crippen LogP) is 1.95. The summed E-state index contributed by atoms with van der Waals surface area (Å²) in [6.07, 6.45) is 1.11. The summed E-state index contributed by atoms with van der Waals surface area (Å²) in [4.78, 5) is 0. The van der Waals surface area contributed by atoms with Crippen molar-refractivity contribution >= 4 is 32.2 Å². The molecule has 0 saturated heterocycles. The molecule has 0 aromatic rings.